The van der Waals surface area contributed by atoms with Crippen LogP contribution in [0, 0.1) is 12.3 Å². The highest BCUT2D eigenvalue weighted by atomic mass is 127. The van der Waals surface area contributed by atoms with Crippen LogP contribution in [0.25, 0.3) is 0 Å². The molecule has 1 N–H and O–H groups in total. The van der Waals surface area contributed by atoms with Crippen molar-refractivity contribution in [1.29, 1.82) is 0 Å². The zero-order chi connectivity index (χ0) is 12.7. The molecule has 1 aromatic carbocycles. The molecular weight excluding hydrogens is 333 g/mol. The summed E-state index contributed by atoms with van der Waals surface area (Å²) in [6.07, 6.45) is 3.86. The second kappa shape index (κ2) is 7.14. The molecule has 0 aliphatic rings. The number of anilines is 1. The monoisotopic (exact) mass is 345 g/mol. The van der Waals surface area contributed by atoms with E-state index in [9.17, 15) is 4.79 Å². The minimum absolute atomic E-state index is 0.424. The van der Waals surface area contributed by atoms with E-state index in [2.05, 4.69) is 11.2 Å². The molecule has 0 aromatic heterocycles. The number of terminal acetylenes is 1. The summed E-state index contributed by atoms with van der Waals surface area (Å²) >= 11 is 1.92. The second-order valence-electron chi connectivity index (χ2n) is 3.08. The van der Waals surface area contributed by atoms with Gasteiger partial charge in [-0.15, -0.1) is 6.42 Å². The first-order valence-corrected chi connectivity index (χ1v) is 6.14. The van der Waals surface area contributed by atoms with Crippen LogP contribution in [0.2, 0.25) is 0 Å². The van der Waals surface area contributed by atoms with Crippen molar-refractivity contribution >= 4 is 34.4 Å². The largest absolute Gasteiger partial charge is 0.420 e. The van der Waals surface area contributed by atoms with Gasteiger partial charge in [0, 0.05) is 5.69 Å². The molecule has 0 bridgehead atoms. The van der Waals surface area contributed by atoms with Crippen LogP contribution in [0.15, 0.2) is 30.3 Å². The zero-order valence-corrected chi connectivity index (χ0v) is 11.4. The molecule has 0 saturated carbocycles. The van der Waals surface area contributed by atoms with Crippen molar-refractivity contribution in [2.45, 2.75) is 17.3 Å². The first-order chi connectivity index (χ1) is 8.11. The first kappa shape index (κ1) is 13.8. The van der Waals surface area contributed by atoms with E-state index in [0.29, 0.717) is 5.69 Å². The Morgan fingerprint density at radius 2 is 2.12 bits per heavy atom. The van der Waals surface area contributed by atoms with Crippen LogP contribution in [-0.4, -0.2) is 16.5 Å². The second-order valence-corrected chi connectivity index (χ2v) is 4.21. The molecule has 2 atom stereocenters. The van der Waals surface area contributed by atoms with E-state index in [1.807, 2.05) is 40.8 Å². The highest BCUT2D eigenvalue weighted by molar-refractivity contribution is 14.1. The molecular formula is C12H12INO3. The van der Waals surface area contributed by atoms with Gasteiger partial charge in [-0.05, 0) is 41.6 Å². The lowest BCUT2D eigenvalue weighted by molar-refractivity contribution is -0.0806. The Morgan fingerprint density at radius 1 is 1.47 bits per heavy atom. The van der Waals surface area contributed by atoms with Crippen LogP contribution in [0.3, 0.4) is 0 Å². The molecule has 0 saturated heterocycles. The Bertz CT molecular complexity index is 402. The standard InChI is InChI=1S/C12H12INO3/c1-3-11(13)16-9(2)17-12(15)14-10-7-5-4-6-8-10/h1,4-9,11H,2H3,(H,14,15). The molecule has 0 aliphatic carbocycles. The predicted molar refractivity (Wildman–Crippen MR) is 73.7 cm³/mol. The quantitative estimate of drug-likeness (QED) is 0.395. The molecule has 17 heavy (non-hydrogen) atoms. The van der Waals surface area contributed by atoms with Gasteiger partial charge in [-0.3, -0.25) is 5.32 Å². The Balaban J connectivity index is 2.38. The van der Waals surface area contributed by atoms with Crippen molar-refractivity contribution < 1.29 is 14.3 Å². The average molecular weight is 345 g/mol. The van der Waals surface area contributed by atoms with Gasteiger partial charge in [0.05, 0.1) is 0 Å². The van der Waals surface area contributed by atoms with Crippen molar-refractivity contribution in [1.82, 2.24) is 0 Å². The number of carbonyl (C=O) groups is 1. The summed E-state index contributed by atoms with van der Waals surface area (Å²) in [6, 6.07) is 9.00. The Labute approximate surface area is 114 Å². The van der Waals surface area contributed by atoms with E-state index < -0.39 is 16.5 Å². The summed E-state index contributed by atoms with van der Waals surface area (Å²) in [5, 5.41) is 2.57. The highest BCUT2D eigenvalue weighted by Crippen LogP contribution is 2.09. The van der Waals surface area contributed by atoms with Gasteiger partial charge in [-0.1, -0.05) is 24.1 Å². The number of para-hydroxylation sites is 1. The third-order valence-electron chi connectivity index (χ3n) is 1.74. The molecule has 1 rings (SSSR count). The number of rotatable bonds is 4. The normalized spacial score (nSPS) is 13.2. The maximum Gasteiger partial charge on any atom is 0.413 e. The third-order valence-corrected chi connectivity index (χ3v) is 2.39. The molecule has 0 heterocycles. The van der Waals surface area contributed by atoms with Gasteiger partial charge in [0.15, 0.2) is 4.11 Å². The van der Waals surface area contributed by atoms with Crippen LogP contribution in [0.4, 0.5) is 10.5 Å². The van der Waals surface area contributed by atoms with E-state index in [0.717, 1.165) is 0 Å². The Morgan fingerprint density at radius 3 is 2.71 bits per heavy atom. The van der Waals surface area contributed by atoms with Gasteiger partial charge in [0.25, 0.3) is 0 Å². The van der Waals surface area contributed by atoms with Gasteiger partial charge in [-0.2, -0.15) is 0 Å². The number of alkyl halides is 1. The lowest BCUT2D eigenvalue weighted by Crippen LogP contribution is -2.24. The zero-order valence-electron chi connectivity index (χ0n) is 9.22. The highest BCUT2D eigenvalue weighted by Gasteiger charge is 2.12. The number of hydrogen-bond donors (Lipinski definition) is 1. The molecule has 2 unspecified atom stereocenters. The maximum atomic E-state index is 11.4. The van der Waals surface area contributed by atoms with Gasteiger partial charge in [0.2, 0.25) is 6.29 Å². The van der Waals surface area contributed by atoms with Crippen molar-refractivity contribution in [2.75, 3.05) is 5.32 Å². The number of carbonyl (C=O) groups excluding carboxylic acids is 1. The number of benzene rings is 1. The lowest BCUT2D eigenvalue weighted by Gasteiger charge is -2.15. The van der Waals surface area contributed by atoms with Crippen LogP contribution in [0.1, 0.15) is 6.92 Å². The molecule has 4 nitrogen and oxygen atoms in total. The minimum atomic E-state index is -0.698. The van der Waals surface area contributed by atoms with E-state index in [-0.39, 0.29) is 0 Å². The van der Waals surface area contributed by atoms with Crippen molar-refractivity contribution in [3.8, 4) is 12.3 Å². The molecule has 0 spiro atoms. The summed E-state index contributed by atoms with van der Waals surface area (Å²) in [7, 11) is 0. The molecule has 0 aliphatic heterocycles. The molecule has 1 aromatic rings. The topological polar surface area (TPSA) is 47.6 Å². The van der Waals surface area contributed by atoms with Gasteiger partial charge >= 0.3 is 6.09 Å². The number of nitrogens with one attached hydrogen (secondary N) is 1. The number of halogens is 1. The van der Waals surface area contributed by atoms with E-state index in [1.54, 1.807) is 19.1 Å². The Kier molecular flexibility index (Phi) is 5.80. The van der Waals surface area contributed by atoms with Crippen LogP contribution in [-0.2, 0) is 9.47 Å². The minimum Gasteiger partial charge on any atom is -0.420 e. The maximum absolute atomic E-state index is 11.4. The van der Waals surface area contributed by atoms with Gasteiger partial charge < -0.3 is 9.47 Å². The summed E-state index contributed by atoms with van der Waals surface area (Å²) in [5.74, 6) is 2.37. The van der Waals surface area contributed by atoms with E-state index >= 15 is 0 Å². The van der Waals surface area contributed by atoms with E-state index in [1.165, 1.54) is 0 Å². The third kappa shape index (κ3) is 5.56. The summed E-state index contributed by atoms with van der Waals surface area (Å²) in [4.78, 5) is 11.4. The van der Waals surface area contributed by atoms with Crippen molar-refractivity contribution in [2.24, 2.45) is 0 Å². The van der Waals surface area contributed by atoms with Crippen molar-refractivity contribution in [3.05, 3.63) is 30.3 Å². The fraction of sp³-hybridized carbons (Fsp3) is 0.250. The molecule has 0 fully saturated rings. The predicted octanol–water partition coefficient (Wildman–Crippen LogP) is 2.99. The number of hydrogen-bond acceptors (Lipinski definition) is 3. The molecule has 1 amide bonds. The summed E-state index contributed by atoms with van der Waals surface area (Å²) in [5.41, 5.74) is 0.660. The first-order valence-electron chi connectivity index (χ1n) is 4.90. The van der Waals surface area contributed by atoms with Crippen LogP contribution >= 0.6 is 22.6 Å². The average Bonchev–Trinajstić information content (AvgIpc) is 2.29. The van der Waals surface area contributed by atoms with Gasteiger partial charge in [0.1, 0.15) is 0 Å². The molecule has 5 heteroatoms. The summed E-state index contributed by atoms with van der Waals surface area (Å²) < 4.78 is 9.71. The van der Waals surface area contributed by atoms with Gasteiger partial charge in [-0.25, -0.2) is 4.79 Å². The van der Waals surface area contributed by atoms with E-state index in [4.69, 9.17) is 15.9 Å². The van der Waals surface area contributed by atoms with Crippen molar-refractivity contribution in [3.63, 3.8) is 0 Å². The fourth-order valence-electron chi connectivity index (χ4n) is 1.05. The van der Waals surface area contributed by atoms with Crippen LogP contribution in [0.5, 0.6) is 0 Å². The fourth-order valence-corrected chi connectivity index (χ4v) is 1.47. The van der Waals surface area contributed by atoms with Crippen LogP contribution < -0.4 is 5.32 Å². The smallest absolute Gasteiger partial charge is 0.413 e. The number of amides is 1. The SMILES string of the molecule is C#CC(I)OC(C)OC(=O)Nc1ccccc1. The number of ether oxygens (including phenoxy) is 2. The molecule has 90 valence electrons. The Hall–Kier alpha value is -1.26. The summed E-state index contributed by atoms with van der Waals surface area (Å²) in [6.45, 7) is 1.60. The molecule has 0 radical (unpaired) electrons. The lowest BCUT2D eigenvalue weighted by atomic mass is 10.3.